The number of nitrogens with zero attached hydrogens (tertiary/aromatic N) is 3. The van der Waals surface area contributed by atoms with Gasteiger partial charge in [0.15, 0.2) is 0 Å². The van der Waals surface area contributed by atoms with Crippen molar-refractivity contribution in [3.8, 4) is 0 Å². The van der Waals surface area contributed by atoms with E-state index in [1.54, 1.807) is 6.20 Å². The molecular weight excluding hydrogens is 310 g/mol. The molecule has 2 rings (SSSR count). The normalized spacial score (nSPS) is 10.5. The van der Waals surface area contributed by atoms with Crippen LogP contribution < -0.4 is 4.90 Å². The van der Waals surface area contributed by atoms with E-state index < -0.39 is 0 Å². The minimum atomic E-state index is 0.0583. The standard InChI is InChI=1S/C21H29N3O/c1-4-14-24(15-5-2)20-16-19(12-13-22-20)21(25)23(6-3)17-18-10-8-7-9-11-18/h7-13,16H,4-6,14-15,17H2,1-3H3. The molecule has 0 spiro atoms. The van der Waals surface area contributed by atoms with Crippen molar-refractivity contribution in [1.29, 1.82) is 0 Å². The minimum Gasteiger partial charge on any atom is -0.357 e. The van der Waals surface area contributed by atoms with Crippen LogP contribution in [0.3, 0.4) is 0 Å². The second-order valence-electron chi connectivity index (χ2n) is 6.19. The lowest BCUT2D eigenvalue weighted by molar-refractivity contribution is 0.0752. The molecular formula is C21H29N3O. The number of hydrogen-bond donors (Lipinski definition) is 0. The number of carbonyl (C=O) groups is 1. The van der Waals surface area contributed by atoms with Crippen molar-refractivity contribution in [2.75, 3.05) is 24.5 Å². The van der Waals surface area contributed by atoms with Crippen LogP contribution in [0, 0.1) is 0 Å². The summed E-state index contributed by atoms with van der Waals surface area (Å²) in [5.41, 5.74) is 1.85. The third-order valence-electron chi connectivity index (χ3n) is 4.19. The number of rotatable bonds is 9. The van der Waals surface area contributed by atoms with E-state index in [0.717, 1.165) is 37.3 Å². The number of pyridine rings is 1. The molecule has 0 aliphatic carbocycles. The lowest BCUT2D eigenvalue weighted by Crippen LogP contribution is -2.31. The summed E-state index contributed by atoms with van der Waals surface area (Å²) >= 11 is 0. The Balaban J connectivity index is 2.18. The molecule has 0 radical (unpaired) electrons. The highest BCUT2D eigenvalue weighted by molar-refractivity contribution is 5.94. The van der Waals surface area contributed by atoms with Gasteiger partial charge in [-0.2, -0.15) is 0 Å². The molecule has 1 amide bonds. The first-order valence-electron chi connectivity index (χ1n) is 9.23. The molecule has 1 aromatic carbocycles. The Morgan fingerprint density at radius 1 is 1.00 bits per heavy atom. The molecule has 1 aromatic heterocycles. The monoisotopic (exact) mass is 339 g/mol. The van der Waals surface area contributed by atoms with Crippen molar-refractivity contribution >= 4 is 11.7 Å². The number of aromatic nitrogens is 1. The van der Waals surface area contributed by atoms with Crippen molar-refractivity contribution in [3.05, 3.63) is 59.8 Å². The van der Waals surface area contributed by atoms with Crippen LogP contribution in [0.15, 0.2) is 48.7 Å². The lowest BCUT2D eigenvalue weighted by atomic mass is 10.1. The summed E-state index contributed by atoms with van der Waals surface area (Å²) in [6.07, 6.45) is 3.88. The molecule has 0 unspecified atom stereocenters. The summed E-state index contributed by atoms with van der Waals surface area (Å²) in [6, 6.07) is 13.9. The first kappa shape index (κ1) is 19.0. The molecule has 0 saturated carbocycles. The molecule has 0 N–H and O–H groups in total. The number of carbonyl (C=O) groups excluding carboxylic acids is 1. The van der Waals surface area contributed by atoms with Gasteiger partial charge in [-0.25, -0.2) is 4.98 Å². The van der Waals surface area contributed by atoms with E-state index in [1.807, 2.05) is 42.2 Å². The molecule has 1 heterocycles. The SMILES string of the molecule is CCCN(CCC)c1cc(C(=O)N(CC)Cc2ccccc2)ccn1. The van der Waals surface area contributed by atoms with E-state index in [9.17, 15) is 4.79 Å². The summed E-state index contributed by atoms with van der Waals surface area (Å²) in [5.74, 6) is 0.952. The largest absolute Gasteiger partial charge is 0.357 e. The van der Waals surface area contributed by atoms with E-state index in [4.69, 9.17) is 0 Å². The molecule has 0 aliphatic heterocycles. The van der Waals surface area contributed by atoms with Crippen LogP contribution >= 0.6 is 0 Å². The summed E-state index contributed by atoms with van der Waals surface area (Å²) in [4.78, 5) is 21.6. The number of benzene rings is 1. The minimum absolute atomic E-state index is 0.0583. The molecule has 2 aromatic rings. The van der Waals surface area contributed by atoms with Gasteiger partial charge < -0.3 is 9.80 Å². The van der Waals surface area contributed by atoms with E-state index in [0.29, 0.717) is 18.7 Å². The Hall–Kier alpha value is -2.36. The average Bonchev–Trinajstić information content (AvgIpc) is 2.66. The first-order valence-corrected chi connectivity index (χ1v) is 9.23. The fraction of sp³-hybridized carbons (Fsp3) is 0.429. The van der Waals surface area contributed by atoms with Gasteiger partial charge in [0.05, 0.1) is 0 Å². The highest BCUT2D eigenvalue weighted by Crippen LogP contribution is 2.16. The maximum atomic E-state index is 13.0. The first-order chi connectivity index (χ1) is 12.2. The van der Waals surface area contributed by atoms with Crippen molar-refractivity contribution in [1.82, 2.24) is 9.88 Å². The third-order valence-corrected chi connectivity index (χ3v) is 4.19. The zero-order valence-corrected chi connectivity index (χ0v) is 15.6. The Kier molecular flexibility index (Phi) is 7.45. The Bertz CT molecular complexity index is 651. The van der Waals surface area contributed by atoms with E-state index in [2.05, 4.69) is 35.9 Å². The average molecular weight is 339 g/mol. The molecule has 0 saturated heterocycles. The molecule has 134 valence electrons. The predicted octanol–water partition coefficient (Wildman–Crippen LogP) is 4.37. The molecule has 25 heavy (non-hydrogen) atoms. The fourth-order valence-corrected chi connectivity index (χ4v) is 2.92. The zero-order chi connectivity index (χ0) is 18.1. The van der Waals surface area contributed by atoms with Gasteiger partial charge in [-0.1, -0.05) is 44.2 Å². The molecule has 0 bridgehead atoms. The second-order valence-corrected chi connectivity index (χ2v) is 6.19. The molecule has 0 atom stereocenters. The topological polar surface area (TPSA) is 36.4 Å². The molecule has 4 heteroatoms. The number of anilines is 1. The molecule has 0 aliphatic rings. The van der Waals surface area contributed by atoms with Gasteiger partial charge in [0.1, 0.15) is 5.82 Å². The molecule has 4 nitrogen and oxygen atoms in total. The summed E-state index contributed by atoms with van der Waals surface area (Å²) < 4.78 is 0. The van der Waals surface area contributed by atoms with Crippen LogP contribution in [0.25, 0.3) is 0 Å². The second kappa shape index (κ2) is 9.82. The van der Waals surface area contributed by atoms with Gasteiger partial charge >= 0.3 is 0 Å². The molecule has 0 fully saturated rings. The Labute approximate surface area is 151 Å². The van der Waals surface area contributed by atoms with Crippen LogP contribution in [0.4, 0.5) is 5.82 Å². The number of hydrogen-bond acceptors (Lipinski definition) is 3. The smallest absolute Gasteiger partial charge is 0.254 e. The van der Waals surface area contributed by atoms with Crippen LogP contribution in [-0.4, -0.2) is 35.4 Å². The van der Waals surface area contributed by atoms with Crippen molar-refractivity contribution < 1.29 is 4.79 Å². The summed E-state index contributed by atoms with van der Waals surface area (Å²) in [5, 5.41) is 0. The van der Waals surface area contributed by atoms with Gasteiger partial charge in [-0.15, -0.1) is 0 Å². The van der Waals surface area contributed by atoms with Crippen molar-refractivity contribution in [2.45, 2.75) is 40.2 Å². The van der Waals surface area contributed by atoms with Crippen LogP contribution in [-0.2, 0) is 6.54 Å². The summed E-state index contributed by atoms with van der Waals surface area (Å²) in [6.45, 7) is 9.57. The highest BCUT2D eigenvalue weighted by atomic mass is 16.2. The highest BCUT2D eigenvalue weighted by Gasteiger charge is 2.16. The van der Waals surface area contributed by atoms with Crippen LogP contribution in [0.5, 0.6) is 0 Å². The third kappa shape index (κ3) is 5.31. The van der Waals surface area contributed by atoms with E-state index in [1.165, 1.54) is 0 Å². The fourth-order valence-electron chi connectivity index (χ4n) is 2.92. The Morgan fingerprint density at radius 3 is 2.28 bits per heavy atom. The maximum absolute atomic E-state index is 13.0. The Morgan fingerprint density at radius 2 is 1.68 bits per heavy atom. The van der Waals surface area contributed by atoms with Crippen molar-refractivity contribution in [2.24, 2.45) is 0 Å². The summed E-state index contributed by atoms with van der Waals surface area (Å²) in [7, 11) is 0. The van der Waals surface area contributed by atoms with Crippen LogP contribution in [0.1, 0.15) is 49.5 Å². The lowest BCUT2D eigenvalue weighted by Gasteiger charge is -2.24. The van der Waals surface area contributed by atoms with E-state index in [-0.39, 0.29) is 5.91 Å². The van der Waals surface area contributed by atoms with Gasteiger partial charge in [-0.3, -0.25) is 4.79 Å². The van der Waals surface area contributed by atoms with E-state index >= 15 is 0 Å². The maximum Gasteiger partial charge on any atom is 0.254 e. The van der Waals surface area contributed by atoms with Crippen molar-refractivity contribution in [3.63, 3.8) is 0 Å². The van der Waals surface area contributed by atoms with Gasteiger partial charge in [0.2, 0.25) is 0 Å². The van der Waals surface area contributed by atoms with Gasteiger partial charge in [0.25, 0.3) is 5.91 Å². The predicted molar refractivity (Wildman–Crippen MR) is 104 cm³/mol. The number of amides is 1. The van der Waals surface area contributed by atoms with Gasteiger partial charge in [-0.05, 0) is 37.5 Å². The van der Waals surface area contributed by atoms with Crippen LogP contribution in [0.2, 0.25) is 0 Å². The quantitative estimate of drug-likeness (QED) is 0.680. The van der Waals surface area contributed by atoms with Gasteiger partial charge in [0, 0.05) is 37.9 Å². The zero-order valence-electron chi connectivity index (χ0n) is 15.6.